The summed E-state index contributed by atoms with van der Waals surface area (Å²) in [5.74, 6) is 0.669. The van der Waals surface area contributed by atoms with Gasteiger partial charge >= 0.3 is 0 Å². The standard InChI is InChI=1S/C15H30N2O3/c1-11-9-13(16)5-6-14(11)15(18)17(7-8-19-3)12(2)10-20-4/h11-14H,5-10,16H2,1-4H3. The fourth-order valence-electron chi connectivity index (χ4n) is 3.09. The Bertz CT molecular complexity index is 299. The van der Waals surface area contributed by atoms with Crippen molar-refractivity contribution in [3.05, 3.63) is 0 Å². The molecule has 0 radical (unpaired) electrons. The highest BCUT2D eigenvalue weighted by molar-refractivity contribution is 5.79. The van der Waals surface area contributed by atoms with E-state index in [1.807, 2.05) is 11.8 Å². The zero-order chi connectivity index (χ0) is 15.1. The quantitative estimate of drug-likeness (QED) is 0.765. The van der Waals surface area contributed by atoms with Gasteiger partial charge in [0.15, 0.2) is 0 Å². The first-order valence-corrected chi connectivity index (χ1v) is 7.55. The lowest BCUT2D eigenvalue weighted by Crippen LogP contribution is -2.49. The summed E-state index contributed by atoms with van der Waals surface area (Å²) in [6.45, 7) is 5.89. The van der Waals surface area contributed by atoms with Gasteiger partial charge in [-0.1, -0.05) is 6.92 Å². The highest BCUT2D eigenvalue weighted by Gasteiger charge is 2.34. The Morgan fingerprint density at radius 1 is 1.35 bits per heavy atom. The number of nitrogens with zero attached hydrogens (tertiary/aromatic N) is 1. The highest BCUT2D eigenvalue weighted by atomic mass is 16.5. The minimum atomic E-state index is 0.0745. The molecule has 1 fully saturated rings. The molecule has 1 aliphatic rings. The summed E-state index contributed by atoms with van der Waals surface area (Å²) in [6.07, 6.45) is 2.77. The van der Waals surface area contributed by atoms with Crippen molar-refractivity contribution in [3.8, 4) is 0 Å². The van der Waals surface area contributed by atoms with Crippen molar-refractivity contribution >= 4 is 5.91 Å². The van der Waals surface area contributed by atoms with E-state index in [0.29, 0.717) is 25.7 Å². The van der Waals surface area contributed by atoms with E-state index in [1.54, 1.807) is 14.2 Å². The number of ether oxygens (including phenoxy) is 2. The average Bonchev–Trinajstić information content (AvgIpc) is 2.39. The van der Waals surface area contributed by atoms with E-state index >= 15 is 0 Å². The number of amides is 1. The predicted molar refractivity (Wildman–Crippen MR) is 79.4 cm³/mol. The van der Waals surface area contributed by atoms with Gasteiger partial charge < -0.3 is 20.1 Å². The minimum Gasteiger partial charge on any atom is -0.383 e. The third kappa shape index (κ3) is 4.72. The summed E-state index contributed by atoms with van der Waals surface area (Å²) in [5.41, 5.74) is 5.99. The molecule has 5 nitrogen and oxygen atoms in total. The normalized spacial score (nSPS) is 28.1. The van der Waals surface area contributed by atoms with Crippen LogP contribution in [-0.4, -0.2) is 56.9 Å². The van der Waals surface area contributed by atoms with Crippen LogP contribution in [0.5, 0.6) is 0 Å². The number of hydrogen-bond acceptors (Lipinski definition) is 4. The molecule has 118 valence electrons. The van der Waals surface area contributed by atoms with Gasteiger partial charge in [0, 0.05) is 32.7 Å². The fourth-order valence-corrected chi connectivity index (χ4v) is 3.09. The Morgan fingerprint density at radius 3 is 2.60 bits per heavy atom. The molecule has 0 aliphatic heterocycles. The molecule has 0 bridgehead atoms. The molecule has 0 spiro atoms. The van der Waals surface area contributed by atoms with Crippen LogP contribution in [0.25, 0.3) is 0 Å². The summed E-state index contributed by atoms with van der Waals surface area (Å²) in [5, 5.41) is 0. The first-order chi connectivity index (χ1) is 9.51. The molecule has 1 saturated carbocycles. The molecule has 0 heterocycles. The summed E-state index contributed by atoms with van der Waals surface area (Å²) in [7, 11) is 3.32. The molecule has 1 amide bonds. The maximum absolute atomic E-state index is 12.8. The molecule has 1 aliphatic carbocycles. The molecule has 0 saturated heterocycles. The van der Waals surface area contributed by atoms with Crippen LogP contribution in [0, 0.1) is 11.8 Å². The zero-order valence-electron chi connectivity index (χ0n) is 13.3. The van der Waals surface area contributed by atoms with Gasteiger partial charge in [0.2, 0.25) is 5.91 Å². The molecule has 20 heavy (non-hydrogen) atoms. The number of hydrogen-bond donors (Lipinski definition) is 1. The van der Waals surface area contributed by atoms with Crippen LogP contribution in [0.2, 0.25) is 0 Å². The Hall–Kier alpha value is -0.650. The first kappa shape index (κ1) is 17.4. The molecular weight excluding hydrogens is 256 g/mol. The van der Waals surface area contributed by atoms with E-state index in [9.17, 15) is 4.79 Å². The number of carbonyl (C=O) groups excluding carboxylic acids is 1. The van der Waals surface area contributed by atoms with E-state index in [1.165, 1.54) is 0 Å². The van der Waals surface area contributed by atoms with Crippen molar-refractivity contribution in [1.29, 1.82) is 0 Å². The van der Waals surface area contributed by atoms with Gasteiger partial charge in [0.25, 0.3) is 0 Å². The molecule has 4 unspecified atom stereocenters. The van der Waals surface area contributed by atoms with Crippen LogP contribution in [0.1, 0.15) is 33.1 Å². The lowest BCUT2D eigenvalue weighted by Gasteiger charge is -2.37. The molecule has 0 aromatic rings. The third-order valence-corrected chi connectivity index (χ3v) is 4.29. The maximum atomic E-state index is 12.8. The number of rotatable bonds is 7. The van der Waals surface area contributed by atoms with E-state index in [4.69, 9.17) is 15.2 Å². The smallest absolute Gasteiger partial charge is 0.226 e. The minimum absolute atomic E-state index is 0.0745. The van der Waals surface area contributed by atoms with Gasteiger partial charge in [-0.25, -0.2) is 0 Å². The number of nitrogens with two attached hydrogens (primary N) is 1. The Morgan fingerprint density at radius 2 is 2.05 bits per heavy atom. The van der Waals surface area contributed by atoms with Crippen LogP contribution in [0.15, 0.2) is 0 Å². The lowest BCUT2D eigenvalue weighted by molar-refractivity contribution is -0.142. The second kappa shape index (κ2) is 8.60. The second-order valence-electron chi connectivity index (χ2n) is 5.99. The molecule has 0 aromatic carbocycles. The van der Waals surface area contributed by atoms with Gasteiger partial charge in [-0.3, -0.25) is 4.79 Å². The summed E-state index contributed by atoms with van der Waals surface area (Å²) < 4.78 is 10.3. The fraction of sp³-hybridized carbons (Fsp3) is 0.933. The second-order valence-corrected chi connectivity index (χ2v) is 5.99. The number of methoxy groups -OCH3 is 2. The van der Waals surface area contributed by atoms with Crippen molar-refractivity contribution in [2.45, 2.75) is 45.2 Å². The van der Waals surface area contributed by atoms with E-state index in [-0.39, 0.29) is 23.9 Å². The predicted octanol–water partition coefficient (Wildman–Crippen LogP) is 1.26. The highest BCUT2D eigenvalue weighted by Crippen LogP contribution is 2.31. The van der Waals surface area contributed by atoms with Crippen LogP contribution in [0.3, 0.4) is 0 Å². The maximum Gasteiger partial charge on any atom is 0.226 e. The Kier molecular flexibility index (Phi) is 7.48. The van der Waals surface area contributed by atoms with Crippen LogP contribution in [0.4, 0.5) is 0 Å². The van der Waals surface area contributed by atoms with Gasteiger partial charge in [-0.2, -0.15) is 0 Å². The van der Waals surface area contributed by atoms with Gasteiger partial charge in [-0.05, 0) is 32.1 Å². The molecule has 5 heteroatoms. The van der Waals surface area contributed by atoms with E-state index in [2.05, 4.69) is 6.92 Å². The molecule has 4 atom stereocenters. The Balaban J connectivity index is 2.70. The average molecular weight is 286 g/mol. The van der Waals surface area contributed by atoms with Gasteiger partial charge in [0.05, 0.1) is 19.3 Å². The first-order valence-electron chi connectivity index (χ1n) is 7.55. The topological polar surface area (TPSA) is 64.8 Å². The van der Waals surface area contributed by atoms with Crippen LogP contribution < -0.4 is 5.73 Å². The van der Waals surface area contributed by atoms with Gasteiger partial charge in [-0.15, -0.1) is 0 Å². The van der Waals surface area contributed by atoms with Crippen molar-refractivity contribution in [3.63, 3.8) is 0 Å². The zero-order valence-corrected chi connectivity index (χ0v) is 13.3. The Labute approximate surface area is 122 Å². The molecule has 1 rings (SSSR count). The monoisotopic (exact) mass is 286 g/mol. The van der Waals surface area contributed by atoms with Crippen molar-refractivity contribution in [1.82, 2.24) is 4.90 Å². The largest absolute Gasteiger partial charge is 0.383 e. The lowest BCUT2D eigenvalue weighted by atomic mass is 9.77. The van der Waals surface area contributed by atoms with Crippen molar-refractivity contribution in [2.24, 2.45) is 17.6 Å². The van der Waals surface area contributed by atoms with Crippen molar-refractivity contribution in [2.75, 3.05) is 34.0 Å². The SMILES string of the molecule is COCCN(C(=O)C1CCC(N)CC1C)C(C)COC. The molecule has 2 N–H and O–H groups in total. The summed E-state index contributed by atoms with van der Waals surface area (Å²) in [6, 6.07) is 0.323. The van der Waals surface area contributed by atoms with Crippen LogP contribution >= 0.6 is 0 Å². The summed E-state index contributed by atoms with van der Waals surface area (Å²) >= 11 is 0. The van der Waals surface area contributed by atoms with Crippen LogP contribution in [-0.2, 0) is 14.3 Å². The number of carbonyl (C=O) groups is 1. The third-order valence-electron chi connectivity index (χ3n) is 4.29. The summed E-state index contributed by atoms with van der Waals surface area (Å²) in [4.78, 5) is 14.7. The van der Waals surface area contributed by atoms with E-state index in [0.717, 1.165) is 19.3 Å². The molecular formula is C15H30N2O3. The van der Waals surface area contributed by atoms with Gasteiger partial charge in [0.1, 0.15) is 0 Å². The molecule has 0 aromatic heterocycles. The van der Waals surface area contributed by atoms with Crippen molar-refractivity contribution < 1.29 is 14.3 Å². The van der Waals surface area contributed by atoms with E-state index < -0.39 is 0 Å².